The van der Waals surface area contributed by atoms with E-state index in [1.807, 2.05) is 0 Å². The van der Waals surface area contributed by atoms with E-state index < -0.39 is 6.23 Å². The number of aliphatic hydroxyl groups is 1. The fourth-order valence-electron chi connectivity index (χ4n) is 0.756. The Morgan fingerprint density at radius 3 is 2.08 bits per heavy atom. The van der Waals surface area contributed by atoms with Crippen LogP contribution in [0.4, 0.5) is 23.3 Å². The fraction of sp³-hybridized carbons (Fsp3) is 0.333. The molecule has 0 amide bonds. The van der Waals surface area contributed by atoms with Gasteiger partial charge in [0.2, 0.25) is 5.95 Å². The van der Waals surface area contributed by atoms with E-state index >= 15 is 0 Å². The monoisotopic (exact) mass is 184 g/mol. The Morgan fingerprint density at radius 1 is 1.23 bits per heavy atom. The smallest absolute Gasteiger partial charge is 0.228 e. The van der Waals surface area contributed by atoms with E-state index in [0.717, 1.165) is 0 Å². The molecule has 1 unspecified atom stereocenters. The highest BCUT2D eigenvalue weighted by Gasteiger charge is 2.07. The van der Waals surface area contributed by atoms with Gasteiger partial charge in [0.1, 0.15) is 11.9 Å². The van der Waals surface area contributed by atoms with Gasteiger partial charge in [-0.2, -0.15) is 9.97 Å². The quantitative estimate of drug-likeness (QED) is 0.371. The Balaban J connectivity index is 2.99. The van der Waals surface area contributed by atoms with Crippen LogP contribution in [0.2, 0.25) is 0 Å². The third kappa shape index (κ3) is 2.09. The lowest BCUT2D eigenvalue weighted by molar-refractivity contribution is 0.223. The third-order valence-corrected chi connectivity index (χ3v) is 1.34. The molecule has 1 atom stereocenters. The summed E-state index contributed by atoms with van der Waals surface area (Å²) in [6, 6.07) is 0. The number of hydrogen-bond donors (Lipinski definition) is 5. The first-order valence-electron chi connectivity index (χ1n) is 3.63. The Morgan fingerprint density at radius 2 is 1.69 bits per heavy atom. The van der Waals surface area contributed by atoms with Gasteiger partial charge in [-0.1, -0.05) is 0 Å². The van der Waals surface area contributed by atoms with Crippen LogP contribution in [0.25, 0.3) is 0 Å². The molecule has 1 heterocycles. The zero-order valence-electron chi connectivity index (χ0n) is 7.15. The van der Waals surface area contributed by atoms with Crippen LogP contribution in [0.5, 0.6) is 0 Å². The molecule has 1 rings (SSSR count). The number of aromatic nitrogens is 2. The summed E-state index contributed by atoms with van der Waals surface area (Å²) in [6.07, 6.45) is -0.776. The van der Waals surface area contributed by atoms with Gasteiger partial charge in [0, 0.05) is 0 Å². The number of nitrogens with zero attached hydrogens (tertiary/aromatic N) is 2. The number of nitrogens with two attached hydrogens (primary N) is 3. The second-order valence-corrected chi connectivity index (χ2v) is 2.55. The van der Waals surface area contributed by atoms with Crippen molar-refractivity contribution in [1.82, 2.24) is 9.97 Å². The van der Waals surface area contributed by atoms with Crippen LogP contribution < -0.4 is 22.5 Å². The summed E-state index contributed by atoms with van der Waals surface area (Å²) in [5.74, 6) is 0.338. The minimum atomic E-state index is -0.776. The summed E-state index contributed by atoms with van der Waals surface area (Å²) >= 11 is 0. The molecular weight excluding hydrogens is 172 g/mol. The molecule has 0 spiro atoms. The number of nitrogen functional groups attached to an aromatic ring is 3. The van der Waals surface area contributed by atoms with Gasteiger partial charge in [-0.15, -0.1) is 0 Å². The lowest BCUT2D eigenvalue weighted by atomic mass is 10.4. The van der Waals surface area contributed by atoms with Gasteiger partial charge in [-0.05, 0) is 6.92 Å². The van der Waals surface area contributed by atoms with Crippen LogP contribution >= 0.6 is 0 Å². The fourth-order valence-corrected chi connectivity index (χ4v) is 0.756. The van der Waals surface area contributed by atoms with Gasteiger partial charge in [0.15, 0.2) is 11.6 Å². The van der Waals surface area contributed by atoms with Crippen LogP contribution in [-0.2, 0) is 0 Å². The van der Waals surface area contributed by atoms with Crippen LogP contribution in [0.1, 0.15) is 6.92 Å². The van der Waals surface area contributed by atoms with Crippen LogP contribution in [0.15, 0.2) is 0 Å². The van der Waals surface area contributed by atoms with Crippen molar-refractivity contribution in [3.63, 3.8) is 0 Å². The highest BCUT2D eigenvalue weighted by atomic mass is 16.3. The van der Waals surface area contributed by atoms with Gasteiger partial charge in [0.05, 0.1) is 0 Å². The molecule has 1 aromatic heterocycles. The Bertz CT molecular complexity index is 289. The van der Waals surface area contributed by atoms with E-state index in [-0.39, 0.29) is 23.3 Å². The average molecular weight is 184 g/mol. The molecule has 7 nitrogen and oxygen atoms in total. The highest BCUT2D eigenvalue weighted by Crippen LogP contribution is 2.19. The largest absolute Gasteiger partial charge is 0.393 e. The van der Waals surface area contributed by atoms with E-state index in [1.54, 1.807) is 0 Å². The average Bonchev–Trinajstić information content (AvgIpc) is 1.98. The maximum absolute atomic E-state index is 8.95. The van der Waals surface area contributed by atoms with E-state index in [2.05, 4.69) is 15.3 Å². The molecule has 0 aliphatic rings. The van der Waals surface area contributed by atoms with Crippen molar-refractivity contribution < 1.29 is 5.11 Å². The molecule has 0 saturated heterocycles. The zero-order chi connectivity index (χ0) is 10.0. The highest BCUT2D eigenvalue weighted by molar-refractivity contribution is 5.72. The van der Waals surface area contributed by atoms with Crippen molar-refractivity contribution in [2.24, 2.45) is 0 Å². The maximum atomic E-state index is 8.95. The summed E-state index contributed by atoms with van der Waals surface area (Å²) in [5, 5.41) is 11.5. The van der Waals surface area contributed by atoms with Crippen molar-refractivity contribution in [3.05, 3.63) is 0 Å². The predicted molar refractivity (Wildman–Crippen MR) is 50.6 cm³/mol. The summed E-state index contributed by atoms with van der Waals surface area (Å²) in [6.45, 7) is 1.52. The first-order valence-corrected chi connectivity index (χ1v) is 3.63. The minimum absolute atomic E-state index is 0.0932. The first-order chi connectivity index (χ1) is 6.00. The second-order valence-electron chi connectivity index (χ2n) is 2.55. The molecule has 72 valence electrons. The standard InChI is InChI=1S/C6H12N6O/c1-2(13)10-6-11-4(8)3(7)5(9)12-6/h2,13H,7H2,1H3,(H5,8,9,10,11,12). The predicted octanol–water partition coefficient (Wildman–Crippen LogP) is -1.03. The van der Waals surface area contributed by atoms with Crippen molar-refractivity contribution in [2.45, 2.75) is 13.2 Å². The molecule has 0 bridgehead atoms. The summed E-state index contributed by atoms with van der Waals surface area (Å²) in [7, 11) is 0. The van der Waals surface area contributed by atoms with Crippen molar-refractivity contribution in [3.8, 4) is 0 Å². The Hall–Kier alpha value is -1.76. The second kappa shape index (κ2) is 3.31. The number of aliphatic hydroxyl groups excluding tert-OH is 1. The van der Waals surface area contributed by atoms with Gasteiger partial charge >= 0.3 is 0 Å². The summed E-state index contributed by atoms with van der Waals surface area (Å²) in [4.78, 5) is 7.53. The van der Waals surface area contributed by atoms with Gasteiger partial charge in [-0.25, -0.2) is 0 Å². The lowest BCUT2D eigenvalue weighted by Gasteiger charge is -2.09. The van der Waals surface area contributed by atoms with E-state index in [0.29, 0.717) is 0 Å². The first kappa shape index (κ1) is 9.33. The van der Waals surface area contributed by atoms with Crippen molar-refractivity contribution in [2.75, 3.05) is 22.5 Å². The maximum Gasteiger partial charge on any atom is 0.228 e. The van der Waals surface area contributed by atoms with Crippen molar-refractivity contribution >= 4 is 23.3 Å². The SMILES string of the molecule is CC(O)Nc1nc(N)c(N)c(N)n1. The molecule has 0 fully saturated rings. The minimum Gasteiger partial charge on any atom is -0.393 e. The Labute approximate surface area is 75.0 Å². The molecule has 0 aliphatic heterocycles. The molecule has 13 heavy (non-hydrogen) atoms. The van der Waals surface area contributed by atoms with Gasteiger partial charge < -0.3 is 27.6 Å². The Kier molecular flexibility index (Phi) is 2.38. The zero-order valence-corrected chi connectivity index (χ0v) is 7.15. The molecular formula is C6H12N6O. The topological polar surface area (TPSA) is 136 Å². The van der Waals surface area contributed by atoms with Gasteiger partial charge in [0.25, 0.3) is 0 Å². The van der Waals surface area contributed by atoms with Crippen molar-refractivity contribution in [1.29, 1.82) is 0 Å². The number of rotatable bonds is 2. The third-order valence-electron chi connectivity index (χ3n) is 1.34. The normalized spacial score (nSPS) is 12.5. The van der Waals surface area contributed by atoms with Gasteiger partial charge in [-0.3, -0.25) is 0 Å². The van der Waals surface area contributed by atoms with E-state index in [1.165, 1.54) is 6.92 Å². The summed E-state index contributed by atoms with van der Waals surface area (Å²) in [5.41, 5.74) is 16.4. The molecule has 1 aromatic rings. The van der Waals surface area contributed by atoms with Crippen LogP contribution in [-0.4, -0.2) is 21.3 Å². The molecule has 0 aromatic carbocycles. The summed E-state index contributed by atoms with van der Waals surface area (Å²) < 4.78 is 0. The lowest BCUT2D eigenvalue weighted by Crippen LogP contribution is -2.17. The number of hydrogen-bond acceptors (Lipinski definition) is 7. The molecule has 7 heteroatoms. The van der Waals surface area contributed by atoms with Crippen LogP contribution in [0, 0.1) is 0 Å². The molecule has 0 aliphatic carbocycles. The van der Waals surface area contributed by atoms with E-state index in [4.69, 9.17) is 22.3 Å². The van der Waals surface area contributed by atoms with Crippen LogP contribution in [0.3, 0.4) is 0 Å². The molecule has 0 saturated carbocycles. The van der Waals surface area contributed by atoms with E-state index in [9.17, 15) is 0 Å². The molecule has 0 radical (unpaired) electrons. The molecule has 8 N–H and O–H groups in total. The number of nitrogens with one attached hydrogen (secondary N) is 1. The number of anilines is 4.